The maximum absolute atomic E-state index is 11.7. The van der Waals surface area contributed by atoms with Crippen molar-refractivity contribution in [2.75, 3.05) is 20.8 Å². The van der Waals surface area contributed by atoms with Crippen LogP contribution in [0, 0.1) is 0 Å². The summed E-state index contributed by atoms with van der Waals surface area (Å²) >= 11 is 0. The normalized spacial score (nSPS) is 12.6. The van der Waals surface area contributed by atoms with Crippen molar-refractivity contribution in [3.8, 4) is 17.2 Å². The van der Waals surface area contributed by atoms with Gasteiger partial charge in [0.2, 0.25) is 5.75 Å². The minimum atomic E-state index is -0.732. The third-order valence-electron chi connectivity index (χ3n) is 4.08. The third kappa shape index (κ3) is 5.37. The SMILES string of the molecule is COc1cc(OC)c2ccc(=O)oc2c1OC/C=C(\C)C/C=C/C(C)(C)OO. The fourth-order valence-corrected chi connectivity index (χ4v) is 2.52. The molecule has 0 aliphatic carbocycles. The molecule has 7 heteroatoms. The summed E-state index contributed by atoms with van der Waals surface area (Å²) in [6.45, 7) is 5.72. The summed E-state index contributed by atoms with van der Waals surface area (Å²) in [4.78, 5) is 16.1. The Balaban J connectivity index is 2.22. The number of allylic oxidation sites excluding steroid dienone is 2. The Morgan fingerprint density at radius 1 is 1.21 bits per heavy atom. The number of ether oxygens (including phenoxy) is 3. The first kappa shape index (κ1) is 21.5. The highest BCUT2D eigenvalue weighted by Crippen LogP contribution is 2.40. The molecule has 0 saturated heterocycles. The molecule has 0 aliphatic rings. The first-order valence-corrected chi connectivity index (χ1v) is 8.79. The van der Waals surface area contributed by atoms with Crippen LogP contribution in [-0.4, -0.2) is 31.7 Å². The van der Waals surface area contributed by atoms with E-state index >= 15 is 0 Å². The van der Waals surface area contributed by atoms with Gasteiger partial charge in [-0.15, -0.1) is 0 Å². The fraction of sp³-hybridized carbons (Fsp3) is 0.381. The van der Waals surface area contributed by atoms with E-state index in [1.807, 2.05) is 19.1 Å². The summed E-state index contributed by atoms with van der Waals surface area (Å²) in [6, 6.07) is 4.65. The molecule has 0 aliphatic heterocycles. The van der Waals surface area contributed by atoms with Crippen molar-refractivity contribution in [1.82, 2.24) is 0 Å². The summed E-state index contributed by atoms with van der Waals surface area (Å²) in [5, 5.41) is 9.40. The molecule has 1 heterocycles. The summed E-state index contributed by atoms with van der Waals surface area (Å²) in [5.41, 5.74) is 0.113. The van der Waals surface area contributed by atoms with Crippen LogP contribution in [-0.2, 0) is 4.89 Å². The summed E-state index contributed by atoms with van der Waals surface area (Å²) < 4.78 is 21.9. The highest BCUT2D eigenvalue weighted by atomic mass is 17.1. The van der Waals surface area contributed by atoms with Crippen molar-refractivity contribution in [2.45, 2.75) is 32.8 Å². The molecular formula is C21H26O7. The van der Waals surface area contributed by atoms with Gasteiger partial charge in [-0.25, -0.2) is 9.68 Å². The van der Waals surface area contributed by atoms with E-state index in [1.54, 1.807) is 32.1 Å². The lowest BCUT2D eigenvalue weighted by molar-refractivity contribution is -0.297. The molecule has 0 atom stereocenters. The predicted molar refractivity (Wildman–Crippen MR) is 106 cm³/mol. The van der Waals surface area contributed by atoms with Gasteiger partial charge in [-0.2, -0.15) is 0 Å². The lowest BCUT2D eigenvalue weighted by Gasteiger charge is -2.15. The van der Waals surface area contributed by atoms with Gasteiger partial charge in [0, 0.05) is 12.1 Å². The van der Waals surface area contributed by atoms with Crippen LogP contribution in [0.3, 0.4) is 0 Å². The maximum Gasteiger partial charge on any atom is 0.336 e. The Kier molecular flexibility index (Phi) is 7.25. The summed E-state index contributed by atoms with van der Waals surface area (Å²) in [7, 11) is 3.04. The van der Waals surface area contributed by atoms with Crippen LogP contribution in [0.15, 0.2) is 51.2 Å². The predicted octanol–water partition coefficient (Wildman–Crippen LogP) is 4.35. The van der Waals surface area contributed by atoms with Crippen molar-refractivity contribution < 1.29 is 28.8 Å². The lowest BCUT2D eigenvalue weighted by Crippen LogP contribution is -2.18. The molecule has 1 N–H and O–H groups in total. The second-order valence-electron chi connectivity index (χ2n) is 6.77. The van der Waals surface area contributed by atoms with E-state index in [2.05, 4.69) is 4.89 Å². The van der Waals surface area contributed by atoms with Crippen molar-refractivity contribution in [2.24, 2.45) is 0 Å². The van der Waals surface area contributed by atoms with Crippen molar-refractivity contribution in [1.29, 1.82) is 0 Å². The maximum atomic E-state index is 11.7. The average Bonchev–Trinajstić information content (AvgIpc) is 2.67. The molecule has 2 rings (SSSR count). The topological polar surface area (TPSA) is 87.4 Å². The second kappa shape index (κ2) is 9.43. The van der Waals surface area contributed by atoms with Crippen LogP contribution in [0.5, 0.6) is 17.2 Å². The number of benzene rings is 1. The number of methoxy groups -OCH3 is 2. The van der Waals surface area contributed by atoms with Gasteiger partial charge in [-0.3, -0.25) is 5.26 Å². The second-order valence-corrected chi connectivity index (χ2v) is 6.77. The molecule has 0 saturated carbocycles. The Bertz CT molecular complexity index is 922. The minimum absolute atomic E-state index is 0.260. The van der Waals surface area contributed by atoms with Crippen LogP contribution < -0.4 is 19.8 Å². The van der Waals surface area contributed by atoms with E-state index in [0.29, 0.717) is 29.1 Å². The monoisotopic (exact) mass is 390 g/mol. The van der Waals surface area contributed by atoms with E-state index in [9.17, 15) is 4.79 Å². The van der Waals surface area contributed by atoms with Gasteiger partial charge in [0.1, 0.15) is 18.0 Å². The quantitative estimate of drug-likeness (QED) is 0.295. The number of hydrogen-bond acceptors (Lipinski definition) is 7. The Hall–Kier alpha value is -2.77. The van der Waals surface area contributed by atoms with Crippen molar-refractivity contribution in [3.05, 3.63) is 52.4 Å². The van der Waals surface area contributed by atoms with Crippen LogP contribution in [0.4, 0.5) is 0 Å². The third-order valence-corrected chi connectivity index (χ3v) is 4.08. The minimum Gasteiger partial charge on any atom is -0.496 e. The van der Waals surface area contributed by atoms with Gasteiger partial charge >= 0.3 is 5.63 Å². The van der Waals surface area contributed by atoms with E-state index < -0.39 is 11.2 Å². The molecular weight excluding hydrogens is 364 g/mol. The van der Waals surface area contributed by atoms with Gasteiger partial charge in [0.25, 0.3) is 0 Å². The molecule has 0 spiro atoms. The van der Waals surface area contributed by atoms with E-state index in [0.717, 1.165) is 5.57 Å². The van der Waals surface area contributed by atoms with Gasteiger partial charge in [-0.05, 0) is 39.3 Å². The van der Waals surface area contributed by atoms with Crippen LogP contribution in [0.25, 0.3) is 11.0 Å². The highest BCUT2D eigenvalue weighted by Gasteiger charge is 2.17. The zero-order chi connectivity index (χ0) is 20.7. The fourth-order valence-electron chi connectivity index (χ4n) is 2.52. The molecule has 0 unspecified atom stereocenters. The van der Waals surface area contributed by atoms with Gasteiger partial charge in [-0.1, -0.05) is 17.7 Å². The molecule has 28 heavy (non-hydrogen) atoms. The summed E-state index contributed by atoms with van der Waals surface area (Å²) in [6.07, 6.45) is 6.27. The first-order valence-electron chi connectivity index (χ1n) is 8.79. The molecule has 152 valence electrons. The van der Waals surface area contributed by atoms with E-state index in [-0.39, 0.29) is 12.2 Å². The number of hydrogen-bond donors (Lipinski definition) is 1. The van der Waals surface area contributed by atoms with E-state index in [1.165, 1.54) is 20.3 Å². The largest absolute Gasteiger partial charge is 0.496 e. The van der Waals surface area contributed by atoms with Gasteiger partial charge in [0.05, 0.1) is 19.6 Å². The van der Waals surface area contributed by atoms with Crippen LogP contribution >= 0.6 is 0 Å². The lowest BCUT2D eigenvalue weighted by atomic mass is 10.1. The Morgan fingerprint density at radius 2 is 1.93 bits per heavy atom. The zero-order valence-corrected chi connectivity index (χ0v) is 16.8. The molecule has 0 bridgehead atoms. The Morgan fingerprint density at radius 3 is 2.57 bits per heavy atom. The van der Waals surface area contributed by atoms with Crippen molar-refractivity contribution in [3.63, 3.8) is 0 Å². The highest BCUT2D eigenvalue weighted by molar-refractivity contribution is 5.91. The zero-order valence-electron chi connectivity index (χ0n) is 16.8. The van der Waals surface area contributed by atoms with Crippen molar-refractivity contribution >= 4 is 11.0 Å². The molecule has 2 aromatic rings. The smallest absolute Gasteiger partial charge is 0.336 e. The van der Waals surface area contributed by atoms with Crippen LogP contribution in [0.1, 0.15) is 27.2 Å². The molecule has 0 amide bonds. The van der Waals surface area contributed by atoms with Gasteiger partial charge < -0.3 is 18.6 Å². The Labute approximate surface area is 163 Å². The summed E-state index contributed by atoms with van der Waals surface area (Å²) in [5.74, 6) is 1.27. The average molecular weight is 390 g/mol. The number of fused-ring (bicyclic) bond motifs is 1. The van der Waals surface area contributed by atoms with E-state index in [4.69, 9.17) is 23.9 Å². The van der Waals surface area contributed by atoms with Crippen LogP contribution in [0.2, 0.25) is 0 Å². The number of rotatable bonds is 9. The molecule has 0 fully saturated rings. The van der Waals surface area contributed by atoms with Gasteiger partial charge in [0.15, 0.2) is 11.3 Å². The molecule has 1 aromatic heterocycles. The molecule has 1 aromatic carbocycles. The first-order chi connectivity index (χ1) is 13.3. The standard InChI is InChI=1S/C21H26O7/c1-14(7-6-11-21(2,3)28-23)10-12-26-20-17(25-5)13-16(24-4)15-8-9-18(22)27-19(15)20/h6,8-11,13,23H,7,12H2,1-5H3/b11-6+,14-10+. The molecule has 7 nitrogen and oxygen atoms in total. The molecule has 0 radical (unpaired) electrons.